The molecule has 0 bridgehead atoms. The SMILES string of the molecule is COc1ccc(C(C#N)NC(=O)OCc2ccccc2)cc1. The van der Waals surface area contributed by atoms with E-state index in [0.717, 1.165) is 5.56 Å². The molecule has 0 spiro atoms. The minimum absolute atomic E-state index is 0.160. The molecule has 0 radical (unpaired) electrons. The van der Waals surface area contributed by atoms with Gasteiger partial charge in [-0.15, -0.1) is 0 Å². The number of alkyl carbamates (subject to hydrolysis) is 1. The molecule has 1 amide bonds. The number of carbonyl (C=O) groups excluding carboxylic acids is 1. The van der Waals surface area contributed by atoms with Gasteiger partial charge >= 0.3 is 6.09 Å². The number of hydrogen-bond acceptors (Lipinski definition) is 4. The largest absolute Gasteiger partial charge is 0.497 e. The summed E-state index contributed by atoms with van der Waals surface area (Å²) in [5.41, 5.74) is 1.55. The number of amides is 1. The molecule has 1 N–H and O–H groups in total. The van der Waals surface area contributed by atoms with Crippen LogP contribution in [0.3, 0.4) is 0 Å². The molecule has 2 aromatic carbocycles. The third-order valence-corrected chi connectivity index (χ3v) is 3.05. The molecule has 0 aromatic heterocycles. The van der Waals surface area contributed by atoms with E-state index in [1.807, 2.05) is 36.4 Å². The van der Waals surface area contributed by atoms with Crippen molar-refractivity contribution in [3.63, 3.8) is 0 Å². The molecular formula is C17H16N2O3. The van der Waals surface area contributed by atoms with E-state index in [9.17, 15) is 10.1 Å². The van der Waals surface area contributed by atoms with E-state index in [0.29, 0.717) is 11.3 Å². The summed E-state index contributed by atoms with van der Waals surface area (Å²) in [5.74, 6) is 0.687. The molecule has 22 heavy (non-hydrogen) atoms. The molecule has 1 atom stereocenters. The van der Waals surface area contributed by atoms with Crippen molar-refractivity contribution in [2.75, 3.05) is 7.11 Å². The highest BCUT2D eigenvalue weighted by atomic mass is 16.5. The lowest BCUT2D eigenvalue weighted by Crippen LogP contribution is -2.28. The fraction of sp³-hybridized carbons (Fsp3) is 0.176. The van der Waals surface area contributed by atoms with Crippen LogP contribution in [0.5, 0.6) is 5.75 Å². The van der Waals surface area contributed by atoms with Gasteiger partial charge in [0.15, 0.2) is 0 Å². The Morgan fingerprint density at radius 1 is 1.18 bits per heavy atom. The summed E-state index contributed by atoms with van der Waals surface area (Å²) >= 11 is 0. The number of methoxy groups -OCH3 is 1. The van der Waals surface area contributed by atoms with E-state index in [4.69, 9.17) is 9.47 Å². The van der Waals surface area contributed by atoms with Gasteiger partial charge < -0.3 is 14.8 Å². The van der Waals surface area contributed by atoms with Crippen LogP contribution in [0, 0.1) is 11.3 Å². The molecule has 0 aliphatic rings. The van der Waals surface area contributed by atoms with Crippen molar-refractivity contribution in [3.05, 3.63) is 65.7 Å². The van der Waals surface area contributed by atoms with E-state index in [2.05, 4.69) is 5.32 Å². The van der Waals surface area contributed by atoms with Crippen molar-refractivity contribution in [2.45, 2.75) is 12.6 Å². The van der Waals surface area contributed by atoms with Gasteiger partial charge in [0, 0.05) is 0 Å². The predicted octanol–water partition coefficient (Wildman–Crippen LogP) is 3.19. The third-order valence-electron chi connectivity index (χ3n) is 3.05. The van der Waals surface area contributed by atoms with Gasteiger partial charge in [-0.2, -0.15) is 5.26 Å². The van der Waals surface area contributed by atoms with Gasteiger partial charge in [-0.3, -0.25) is 0 Å². The van der Waals surface area contributed by atoms with Gasteiger partial charge in [-0.25, -0.2) is 4.79 Å². The zero-order chi connectivity index (χ0) is 15.8. The zero-order valence-electron chi connectivity index (χ0n) is 12.2. The summed E-state index contributed by atoms with van der Waals surface area (Å²) in [5, 5.41) is 11.7. The van der Waals surface area contributed by atoms with Crippen molar-refractivity contribution in [3.8, 4) is 11.8 Å². The van der Waals surface area contributed by atoms with Crippen molar-refractivity contribution in [1.29, 1.82) is 5.26 Å². The molecule has 1 unspecified atom stereocenters. The first-order chi connectivity index (χ1) is 10.7. The lowest BCUT2D eigenvalue weighted by Gasteiger charge is -2.12. The maximum absolute atomic E-state index is 11.8. The first-order valence-corrected chi connectivity index (χ1v) is 6.73. The quantitative estimate of drug-likeness (QED) is 0.919. The zero-order valence-corrected chi connectivity index (χ0v) is 12.2. The lowest BCUT2D eigenvalue weighted by atomic mass is 10.1. The number of hydrogen-bond donors (Lipinski definition) is 1. The Bertz CT molecular complexity index is 648. The number of rotatable bonds is 5. The van der Waals surface area contributed by atoms with Gasteiger partial charge in [-0.1, -0.05) is 42.5 Å². The van der Waals surface area contributed by atoms with Crippen LogP contribution in [0.4, 0.5) is 4.79 Å². The average molecular weight is 296 g/mol. The second-order valence-corrected chi connectivity index (χ2v) is 4.54. The molecule has 2 rings (SSSR count). The number of benzene rings is 2. The van der Waals surface area contributed by atoms with Gasteiger partial charge in [0.05, 0.1) is 13.2 Å². The Hall–Kier alpha value is -3.00. The normalized spacial score (nSPS) is 11.1. The minimum Gasteiger partial charge on any atom is -0.497 e. The van der Waals surface area contributed by atoms with E-state index >= 15 is 0 Å². The summed E-state index contributed by atoms with van der Waals surface area (Å²) in [6.45, 7) is 0.160. The molecular weight excluding hydrogens is 280 g/mol. The number of carbonyl (C=O) groups is 1. The van der Waals surface area contributed by atoms with Crippen LogP contribution in [-0.4, -0.2) is 13.2 Å². The smallest absolute Gasteiger partial charge is 0.408 e. The third kappa shape index (κ3) is 4.25. The number of ether oxygens (including phenoxy) is 2. The highest BCUT2D eigenvalue weighted by molar-refractivity contribution is 5.68. The Morgan fingerprint density at radius 3 is 2.45 bits per heavy atom. The van der Waals surface area contributed by atoms with E-state index < -0.39 is 12.1 Å². The van der Waals surface area contributed by atoms with Gasteiger partial charge in [0.2, 0.25) is 0 Å². The Labute approximate surface area is 129 Å². The highest BCUT2D eigenvalue weighted by Crippen LogP contribution is 2.17. The van der Waals surface area contributed by atoms with E-state index in [1.165, 1.54) is 0 Å². The summed E-state index contributed by atoms with van der Waals surface area (Å²) in [4.78, 5) is 11.8. The summed E-state index contributed by atoms with van der Waals surface area (Å²) in [6.07, 6.45) is -0.633. The predicted molar refractivity (Wildman–Crippen MR) is 81.1 cm³/mol. The summed E-state index contributed by atoms with van der Waals surface area (Å²) < 4.78 is 10.2. The molecule has 0 aliphatic carbocycles. The minimum atomic E-state index is -0.769. The second-order valence-electron chi connectivity index (χ2n) is 4.54. The highest BCUT2D eigenvalue weighted by Gasteiger charge is 2.14. The Morgan fingerprint density at radius 2 is 1.86 bits per heavy atom. The number of nitrogens with one attached hydrogen (secondary N) is 1. The molecule has 112 valence electrons. The van der Waals surface area contributed by atoms with E-state index in [-0.39, 0.29) is 6.61 Å². The van der Waals surface area contributed by atoms with Crippen LogP contribution in [0.15, 0.2) is 54.6 Å². The van der Waals surface area contributed by atoms with Gasteiger partial charge in [0.1, 0.15) is 18.4 Å². The second kappa shape index (κ2) is 7.70. The monoisotopic (exact) mass is 296 g/mol. The molecule has 0 fully saturated rings. The first-order valence-electron chi connectivity index (χ1n) is 6.73. The van der Waals surface area contributed by atoms with Crippen molar-refractivity contribution >= 4 is 6.09 Å². The molecule has 0 saturated carbocycles. The molecule has 0 aliphatic heterocycles. The molecule has 5 heteroatoms. The number of nitriles is 1. The molecule has 0 heterocycles. The topological polar surface area (TPSA) is 71.3 Å². The molecule has 2 aromatic rings. The maximum Gasteiger partial charge on any atom is 0.408 e. The standard InChI is InChI=1S/C17H16N2O3/c1-21-15-9-7-14(8-10-15)16(11-18)19-17(20)22-12-13-5-3-2-4-6-13/h2-10,16H,12H2,1H3,(H,19,20). The van der Waals surface area contributed by atoms with Gasteiger partial charge in [-0.05, 0) is 23.3 Å². The first kappa shape index (κ1) is 15.4. The fourth-order valence-corrected chi connectivity index (χ4v) is 1.87. The summed E-state index contributed by atoms with van der Waals surface area (Å²) in [7, 11) is 1.57. The van der Waals surface area contributed by atoms with Crippen molar-refractivity contribution in [1.82, 2.24) is 5.32 Å². The lowest BCUT2D eigenvalue weighted by molar-refractivity contribution is 0.137. The van der Waals surface area contributed by atoms with Crippen LogP contribution in [0.1, 0.15) is 17.2 Å². The number of nitrogens with zero attached hydrogens (tertiary/aromatic N) is 1. The van der Waals surface area contributed by atoms with Crippen LogP contribution in [0.25, 0.3) is 0 Å². The average Bonchev–Trinajstić information content (AvgIpc) is 2.59. The van der Waals surface area contributed by atoms with Crippen LogP contribution >= 0.6 is 0 Å². The molecule has 5 nitrogen and oxygen atoms in total. The Kier molecular flexibility index (Phi) is 5.38. The Balaban J connectivity index is 1.91. The van der Waals surface area contributed by atoms with Crippen LogP contribution in [0.2, 0.25) is 0 Å². The van der Waals surface area contributed by atoms with Crippen LogP contribution < -0.4 is 10.1 Å². The van der Waals surface area contributed by atoms with Crippen molar-refractivity contribution in [2.24, 2.45) is 0 Å². The summed E-state index contributed by atoms with van der Waals surface area (Å²) in [6, 6.07) is 17.5. The van der Waals surface area contributed by atoms with Crippen molar-refractivity contribution < 1.29 is 14.3 Å². The fourth-order valence-electron chi connectivity index (χ4n) is 1.87. The van der Waals surface area contributed by atoms with Crippen LogP contribution in [-0.2, 0) is 11.3 Å². The molecule has 0 saturated heterocycles. The van der Waals surface area contributed by atoms with E-state index in [1.54, 1.807) is 31.4 Å². The van der Waals surface area contributed by atoms with Gasteiger partial charge in [0.25, 0.3) is 0 Å². The maximum atomic E-state index is 11.8.